The van der Waals surface area contributed by atoms with Crippen LogP contribution in [0.3, 0.4) is 0 Å². The molecular weight excluding hydrogens is 392 g/mol. The molecule has 0 saturated heterocycles. The van der Waals surface area contributed by atoms with Crippen LogP contribution in [0, 0.1) is 0 Å². The topological polar surface area (TPSA) is 55.1 Å². The highest BCUT2D eigenvalue weighted by Crippen LogP contribution is 2.36. The lowest BCUT2D eigenvalue weighted by Crippen LogP contribution is -2.28. The Hall–Kier alpha value is -3.95. The number of nitrogens with one attached hydrogen (secondary N) is 1. The van der Waals surface area contributed by atoms with Crippen LogP contribution in [0.2, 0.25) is 0 Å². The zero-order valence-electron chi connectivity index (χ0n) is 17.9. The highest BCUT2D eigenvalue weighted by atomic mass is 16.1. The molecule has 158 valence electrons. The van der Waals surface area contributed by atoms with Crippen molar-refractivity contribution in [2.75, 3.05) is 13.1 Å². The van der Waals surface area contributed by atoms with Gasteiger partial charge in [-0.15, -0.1) is 0 Å². The number of benzene rings is 4. The van der Waals surface area contributed by atoms with E-state index in [0.29, 0.717) is 18.7 Å². The third-order valence-corrected chi connectivity index (χ3v) is 5.30. The van der Waals surface area contributed by atoms with Gasteiger partial charge in [0.15, 0.2) is 0 Å². The normalized spacial score (nSPS) is 10.4. The van der Waals surface area contributed by atoms with Crippen molar-refractivity contribution in [3.63, 3.8) is 0 Å². The Balaban J connectivity index is 1.92. The molecule has 4 aromatic rings. The molecule has 3 N–H and O–H groups in total. The zero-order valence-corrected chi connectivity index (χ0v) is 17.9. The van der Waals surface area contributed by atoms with Crippen LogP contribution in [0.5, 0.6) is 0 Å². The molecule has 3 nitrogen and oxygen atoms in total. The van der Waals surface area contributed by atoms with Crippen molar-refractivity contribution < 1.29 is 4.79 Å². The molecule has 32 heavy (non-hydrogen) atoms. The average Bonchev–Trinajstić information content (AvgIpc) is 2.87. The van der Waals surface area contributed by atoms with Crippen LogP contribution in [0.1, 0.15) is 32.6 Å². The van der Waals surface area contributed by atoms with E-state index in [2.05, 4.69) is 78.1 Å². The van der Waals surface area contributed by atoms with E-state index in [1.54, 1.807) is 0 Å². The fraction of sp³-hybridized carbons (Fsp3) is 0.0690. The van der Waals surface area contributed by atoms with E-state index in [9.17, 15) is 4.79 Å². The summed E-state index contributed by atoms with van der Waals surface area (Å²) in [7, 11) is 0. The minimum atomic E-state index is -0.112. The SMILES string of the molecule is NCCNC(=O)c1ccc(C(=C(c2ccccc2)c2ccccc2)c2ccccc2)cc1. The fourth-order valence-electron chi connectivity index (χ4n) is 3.80. The number of hydrogen-bond acceptors (Lipinski definition) is 2. The third-order valence-electron chi connectivity index (χ3n) is 5.30. The van der Waals surface area contributed by atoms with Gasteiger partial charge in [0, 0.05) is 18.7 Å². The lowest BCUT2D eigenvalue weighted by molar-refractivity contribution is 0.0955. The third kappa shape index (κ3) is 4.85. The Kier molecular flexibility index (Phi) is 6.91. The number of amides is 1. The molecule has 0 heterocycles. The van der Waals surface area contributed by atoms with Gasteiger partial charge in [0.05, 0.1) is 0 Å². The smallest absolute Gasteiger partial charge is 0.251 e. The molecular formula is C29H26N2O. The van der Waals surface area contributed by atoms with Gasteiger partial charge >= 0.3 is 0 Å². The van der Waals surface area contributed by atoms with Gasteiger partial charge in [-0.1, -0.05) is 103 Å². The van der Waals surface area contributed by atoms with Crippen molar-refractivity contribution in [3.8, 4) is 0 Å². The molecule has 0 aliphatic carbocycles. The summed E-state index contributed by atoms with van der Waals surface area (Å²) in [6.45, 7) is 0.879. The summed E-state index contributed by atoms with van der Waals surface area (Å²) in [5, 5.41) is 2.83. The van der Waals surface area contributed by atoms with Crippen LogP contribution < -0.4 is 11.1 Å². The molecule has 0 aliphatic rings. The Labute approximate surface area is 189 Å². The number of carbonyl (C=O) groups excluding carboxylic acids is 1. The van der Waals surface area contributed by atoms with E-state index in [-0.39, 0.29) is 5.91 Å². The molecule has 0 bridgehead atoms. The molecule has 1 amide bonds. The van der Waals surface area contributed by atoms with Crippen molar-refractivity contribution in [2.24, 2.45) is 5.73 Å². The highest BCUT2D eigenvalue weighted by Gasteiger charge is 2.16. The first-order valence-electron chi connectivity index (χ1n) is 10.8. The zero-order chi connectivity index (χ0) is 22.2. The van der Waals surface area contributed by atoms with Crippen LogP contribution in [0.25, 0.3) is 11.1 Å². The molecule has 0 atom stereocenters. The lowest BCUT2D eigenvalue weighted by Gasteiger charge is -2.18. The van der Waals surface area contributed by atoms with Gasteiger partial charge in [-0.2, -0.15) is 0 Å². The second kappa shape index (κ2) is 10.4. The van der Waals surface area contributed by atoms with Crippen LogP contribution in [0.15, 0.2) is 115 Å². The molecule has 0 aromatic heterocycles. The fourth-order valence-corrected chi connectivity index (χ4v) is 3.80. The lowest BCUT2D eigenvalue weighted by atomic mass is 9.85. The number of hydrogen-bond donors (Lipinski definition) is 2. The van der Waals surface area contributed by atoms with Gasteiger partial charge < -0.3 is 11.1 Å². The summed E-state index contributed by atoms with van der Waals surface area (Å²) in [6.07, 6.45) is 0. The predicted molar refractivity (Wildman–Crippen MR) is 132 cm³/mol. The molecule has 4 aromatic carbocycles. The molecule has 0 saturated carbocycles. The molecule has 0 unspecified atom stereocenters. The van der Waals surface area contributed by atoms with Gasteiger partial charge in [0.2, 0.25) is 0 Å². The van der Waals surface area contributed by atoms with Crippen molar-refractivity contribution in [2.45, 2.75) is 0 Å². The number of nitrogens with two attached hydrogens (primary N) is 1. The van der Waals surface area contributed by atoms with Crippen molar-refractivity contribution in [1.29, 1.82) is 0 Å². The molecule has 4 rings (SSSR count). The Morgan fingerprint density at radius 3 is 1.25 bits per heavy atom. The minimum absolute atomic E-state index is 0.112. The first-order valence-corrected chi connectivity index (χ1v) is 10.8. The van der Waals surface area contributed by atoms with Gasteiger partial charge in [-0.25, -0.2) is 0 Å². The van der Waals surface area contributed by atoms with E-state index in [1.165, 1.54) is 0 Å². The second-order valence-electron chi connectivity index (χ2n) is 7.47. The maximum atomic E-state index is 12.4. The van der Waals surface area contributed by atoms with E-state index < -0.39 is 0 Å². The van der Waals surface area contributed by atoms with Crippen LogP contribution in [-0.2, 0) is 0 Å². The van der Waals surface area contributed by atoms with E-state index >= 15 is 0 Å². The molecule has 3 heteroatoms. The van der Waals surface area contributed by atoms with Gasteiger partial charge in [-0.05, 0) is 45.5 Å². The second-order valence-corrected chi connectivity index (χ2v) is 7.47. The maximum Gasteiger partial charge on any atom is 0.251 e. The van der Waals surface area contributed by atoms with Crippen molar-refractivity contribution in [1.82, 2.24) is 5.32 Å². The summed E-state index contributed by atoms with van der Waals surface area (Å²) < 4.78 is 0. The molecule has 0 spiro atoms. The molecule has 0 fully saturated rings. The summed E-state index contributed by atoms with van der Waals surface area (Å²) >= 11 is 0. The summed E-state index contributed by atoms with van der Waals surface area (Å²) in [5.74, 6) is -0.112. The van der Waals surface area contributed by atoms with E-state index in [1.807, 2.05) is 42.5 Å². The quantitative estimate of drug-likeness (QED) is 0.396. The van der Waals surface area contributed by atoms with E-state index in [0.717, 1.165) is 33.4 Å². The Morgan fingerprint density at radius 1 is 0.531 bits per heavy atom. The van der Waals surface area contributed by atoms with Crippen molar-refractivity contribution >= 4 is 17.1 Å². The first-order chi connectivity index (χ1) is 15.8. The Bertz CT molecular complexity index is 1140. The average molecular weight is 419 g/mol. The van der Waals surface area contributed by atoms with Gasteiger partial charge in [0.1, 0.15) is 0 Å². The summed E-state index contributed by atoms with van der Waals surface area (Å²) in [6, 6.07) is 39.0. The van der Waals surface area contributed by atoms with Crippen LogP contribution in [-0.4, -0.2) is 19.0 Å². The number of rotatable bonds is 7. The largest absolute Gasteiger partial charge is 0.351 e. The van der Waals surface area contributed by atoms with Crippen LogP contribution in [0.4, 0.5) is 0 Å². The predicted octanol–water partition coefficient (Wildman–Crippen LogP) is 5.38. The number of carbonyl (C=O) groups is 1. The Morgan fingerprint density at radius 2 is 0.875 bits per heavy atom. The first kappa shape index (κ1) is 21.3. The summed E-state index contributed by atoms with van der Waals surface area (Å²) in [4.78, 5) is 12.4. The summed E-state index contributed by atoms with van der Waals surface area (Å²) in [5.41, 5.74) is 12.9. The minimum Gasteiger partial charge on any atom is -0.351 e. The monoisotopic (exact) mass is 418 g/mol. The van der Waals surface area contributed by atoms with Gasteiger partial charge in [0.25, 0.3) is 5.91 Å². The standard InChI is InChI=1S/C29H26N2O/c30-20-21-31-29(32)26-18-16-25(17-19-26)28(24-14-8-3-9-15-24)27(22-10-4-1-5-11-22)23-12-6-2-7-13-23/h1-19H,20-21,30H2,(H,31,32). The van der Waals surface area contributed by atoms with E-state index in [4.69, 9.17) is 5.73 Å². The van der Waals surface area contributed by atoms with Crippen molar-refractivity contribution in [3.05, 3.63) is 143 Å². The molecule has 0 aliphatic heterocycles. The van der Waals surface area contributed by atoms with Gasteiger partial charge in [-0.3, -0.25) is 4.79 Å². The maximum absolute atomic E-state index is 12.4. The highest BCUT2D eigenvalue weighted by molar-refractivity contribution is 6.05. The van der Waals surface area contributed by atoms with Crippen LogP contribution >= 0.6 is 0 Å². The molecule has 0 radical (unpaired) electrons.